The van der Waals surface area contributed by atoms with Gasteiger partial charge in [0, 0.05) is 38.3 Å². The van der Waals surface area contributed by atoms with Crippen LogP contribution >= 0.6 is 0 Å². The number of nitrogens with one attached hydrogen (secondary N) is 1. The summed E-state index contributed by atoms with van der Waals surface area (Å²) in [6.45, 7) is 1.24. The smallest absolute Gasteiger partial charge is 0.270 e. The standard InChI is InChI=1S/C23H30N4O5S/c1-25(18-9-4-3-5-10-18)15-16-26(2)23(28)21-13-6-7-14-22(21)24-33(31,32)20-12-8-11-19(17-20)27(29)30/h6-8,11-14,17-18,24H,3-5,9-10,15-16H2,1-2H3. The first kappa shape index (κ1) is 24.7. The van der Waals surface area contributed by atoms with E-state index in [1.807, 2.05) is 0 Å². The molecule has 2 aromatic rings. The van der Waals surface area contributed by atoms with E-state index in [4.69, 9.17) is 0 Å². The van der Waals surface area contributed by atoms with Crippen LogP contribution in [0.4, 0.5) is 11.4 Å². The van der Waals surface area contributed by atoms with Gasteiger partial charge in [0.25, 0.3) is 21.6 Å². The van der Waals surface area contributed by atoms with Gasteiger partial charge in [0.05, 0.1) is 21.1 Å². The van der Waals surface area contributed by atoms with Crippen molar-refractivity contribution in [3.8, 4) is 0 Å². The Kier molecular flexibility index (Phi) is 8.04. The Bertz CT molecular complexity index is 1100. The second-order valence-electron chi connectivity index (χ2n) is 8.40. The molecule has 0 radical (unpaired) electrons. The van der Waals surface area contributed by atoms with Crippen LogP contribution in [0.5, 0.6) is 0 Å². The maximum absolute atomic E-state index is 13.1. The summed E-state index contributed by atoms with van der Waals surface area (Å²) < 4.78 is 28.1. The van der Waals surface area contributed by atoms with Crippen molar-refractivity contribution < 1.29 is 18.1 Å². The number of anilines is 1. The molecule has 1 N–H and O–H groups in total. The highest BCUT2D eigenvalue weighted by Crippen LogP contribution is 2.24. The van der Waals surface area contributed by atoms with E-state index in [0.29, 0.717) is 12.6 Å². The second-order valence-corrected chi connectivity index (χ2v) is 10.1. The molecule has 9 nitrogen and oxygen atoms in total. The molecule has 0 unspecified atom stereocenters. The second kappa shape index (κ2) is 10.8. The van der Waals surface area contributed by atoms with Gasteiger partial charge in [-0.2, -0.15) is 0 Å². The molecular weight excluding hydrogens is 444 g/mol. The number of hydrogen-bond acceptors (Lipinski definition) is 6. The van der Waals surface area contributed by atoms with E-state index in [1.54, 1.807) is 30.1 Å². The zero-order chi connectivity index (χ0) is 24.0. The van der Waals surface area contributed by atoms with E-state index in [0.717, 1.165) is 12.6 Å². The van der Waals surface area contributed by atoms with Crippen molar-refractivity contribution in [3.63, 3.8) is 0 Å². The lowest BCUT2D eigenvalue weighted by molar-refractivity contribution is -0.385. The first-order chi connectivity index (χ1) is 15.7. The van der Waals surface area contributed by atoms with Gasteiger partial charge in [-0.1, -0.05) is 37.5 Å². The van der Waals surface area contributed by atoms with Crippen molar-refractivity contribution in [2.24, 2.45) is 0 Å². The average molecular weight is 475 g/mol. The number of carbonyl (C=O) groups is 1. The number of nitro benzene ring substituents is 1. The lowest BCUT2D eigenvalue weighted by Gasteiger charge is -2.32. The summed E-state index contributed by atoms with van der Waals surface area (Å²) in [5.41, 5.74) is 0.0138. The van der Waals surface area contributed by atoms with Crippen LogP contribution in [0.3, 0.4) is 0 Å². The first-order valence-electron chi connectivity index (χ1n) is 11.0. The van der Waals surface area contributed by atoms with Gasteiger partial charge in [0.15, 0.2) is 0 Å². The Morgan fingerprint density at radius 2 is 1.76 bits per heavy atom. The van der Waals surface area contributed by atoms with Crippen molar-refractivity contribution in [3.05, 3.63) is 64.2 Å². The molecule has 0 aliphatic heterocycles. The molecule has 1 fully saturated rings. The zero-order valence-corrected chi connectivity index (χ0v) is 19.8. The van der Waals surface area contributed by atoms with Crippen LogP contribution in [0.25, 0.3) is 0 Å². The Hall–Kier alpha value is -2.98. The van der Waals surface area contributed by atoms with Gasteiger partial charge < -0.3 is 9.80 Å². The SMILES string of the molecule is CN(CCN(C)C1CCCCC1)C(=O)c1ccccc1NS(=O)(=O)c1cccc([N+](=O)[O-])c1. The molecule has 1 saturated carbocycles. The van der Waals surface area contributed by atoms with Crippen LogP contribution in [0.1, 0.15) is 42.5 Å². The minimum Gasteiger partial charge on any atom is -0.340 e. The van der Waals surface area contributed by atoms with Crippen LogP contribution in [-0.4, -0.2) is 62.3 Å². The Morgan fingerprint density at radius 3 is 2.45 bits per heavy atom. The fraction of sp³-hybridized carbons (Fsp3) is 0.435. The van der Waals surface area contributed by atoms with Crippen LogP contribution in [0.15, 0.2) is 53.4 Å². The summed E-state index contributed by atoms with van der Waals surface area (Å²) in [6, 6.07) is 11.7. The third kappa shape index (κ3) is 6.29. The number of sulfonamides is 1. The molecule has 178 valence electrons. The fourth-order valence-corrected chi connectivity index (χ4v) is 5.16. The number of nitrogens with zero attached hydrogens (tertiary/aromatic N) is 3. The number of hydrogen-bond donors (Lipinski definition) is 1. The average Bonchev–Trinajstić information content (AvgIpc) is 2.82. The predicted molar refractivity (Wildman–Crippen MR) is 127 cm³/mol. The first-order valence-corrected chi connectivity index (χ1v) is 12.5. The highest BCUT2D eigenvalue weighted by atomic mass is 32.2. The molecular formula is C23H30N4O5S. The number of benzene rings is 2. The largest absolute Gasteiger partial charge is 0.340 e. The van der Waals surface area contributed by atoms with Crippen molar-refractivity contribution in [1.82, 2.24) is 9.80 Å². The highest BCUT2D eigenvalue weighted by Gasteiger charge is 2.23. The van der Waals surface area contributed by atoms with E-state index in [-0.39, 0.29) is 27.7 Å². The molecule has 3 rings (SSSR count). The number of non-ortho nitro benzene ring substituents is 1. The summed E-state index contributed by atoms with van der Waals surface area (Å²) in [5.74, 6) is -0.301. The molecule has 1 aliphatic rings. The summed E-state index contributed by atoms with van der Waals surface area (Å²) in [5, 5.41) is 11.0. The lowest BCUT2D eigenvalue weighted by atomic mass is 9.94. The molecule has 0 spiro atoms. The predicted octanol–water partition coefficient (Wildman–Crippen LogP) is 3.73. The quantitative estimate of drug-likeness (QED) is 0.438. The molecule has 10 heteroatoms. The maximum Gasteiger partial charge on any atom is 0.270 e. The van der Waals surface area contributed by atoms with Gasteiger partial charge in [-0.05, 0) is 38.1 Å². The topological polar surface area (TPSA) is 113 Å². The molecule has 0 atom stereocenters. The minimum absolute atomic E-state index is 0.126. The van der Waals surface area contributed by atoms with Crippen LogP contribution in [0, 0.1) is 10.1 Å². The fourth-order valence-electron chi connectivity index (χ4n) is 4.05. The van der Waals surface area contributed by atoms with Gasteiger partial charge in [-0.15, -0.1) is 0 Å². The third-order valence-corrected chi connectivity index (χ3v) is 7.44. The third-order valence-electron chi connectivity index (χ3n) is 6.07. The number of nitro groups is 1. The lowest BCUT2D eigenvalue weighted by Crippen LogP contribution is -2.40. The van der Waals surface area contributed by atoms with Gasteiger partial charge in [0.2, 0.25) is 0 Å². The van der Waals surface area contributed by atoms with Gasteiger partial charge >= 0.3 is 0 Å². The molecule has 0 saturated heterocycles. The minimum atomic E-state index is -4.12. The summed E-state index contributed by atoms with van der Waals surface area (Å²) in [4.78, 5) is 27.1. The summed E-state index contributed by atoms with van der Waals surface area (Å²) in [7, 11) is -0.349. The van der Waals surface area contributed by atoms with Crippen LogP contribution in [0.2, 0.25) is 0 Å². The van der Waals surface area contributed by atoms with E-state index in [2.05, 4.69) is 16.7 Å². The van der Waals surface area contributed by atoms with Gasteiger partial charge in [-0.25, -0.2) is 8.42 Å². The normalized spacial score (nSPS) is 14.8. The number of para-hydroxylation sites is 1. The van der Waals surface area contributed by atoms with E-state index < -0.39 is 14.9 Å². The van der Waals surface area contributed by atoms with Crippen LogP contribution < -0.4 is 4.72 Å². The van der Waals surface area contributed by atoms with E-state index in [9.17, 15) is 23.3 Å². The molecule has 0 aromatic heterocycles. The maximum atomic E-state index is 13.1. The van der Waals surface area contributed by atoms with Crippen molar-refractivity contribution in [2.45, 2.75) is 43.0 Å². The Labute approximate surface area is 194 Å². The van der Waals surface area contributed by atoms with Crippen LogP contribution in [-0.2, 0) is 10.0 Å². The van der Waals surface area contributed by atoms with Gasteiger partial charge in [-0.3, -0.25) is 19.6 Å². The number of amides is 1. The monoisotopic (exact) mass is 474 g/mol. The number of likely N-dealkylation sites (N-methyl/N-ethyl adjacent to an activating group) is 2. The molecule has 1 aliphatic carbocycles. The summed E-state index contributed by atoms with van der Waals surface area (Å²) in [6.07, 6.45) is 6.11. The molecule has 0 heterocycles. The van der Waals surface area contributed by atoms with Crippen molar-refractivity contribution in [1.29, 1.82) is 0 Å². The number of carbonyl (C=O) groups excluding carboxylic acids is 1. The van der Waals surface area contributed by atoms with Gasteiger partial charge in [0.1, 0.15) is 0 Å². The molecule has 2 aromatic carbocycles. The highest BCUT2D eigenvalue weighted by molar-refractivity contribution is 7.92. The van der Waals surface area contributed by atoms with Crippen molar-refractivity contribution in [2.75, 3.05) is 31.9 Å². The molecule has 33 heavy (non-hydrogen) atoms. The zero-order valence-electron chi connectivity index (χ0n) is 18.9. The number of rotatable bonds is 9. The summed E-state index contributed by atoms with van der Waals surface area (Å²) >= 11 is 0. The molecule has 0 bridgehead atoms. The van der Waals surface area contributed by atoms with E-state index in [1.165, 1.54) is 56.4 Å². The molecule has 1 amide bonds. The Morgan fingerprint density at radius 1 is 1.06 bits per heavy atom. The van der Waals surface area contributed by atoms with Crippen molar-refractivity contribution >= 4 is 27.3 Å². The Balaban J connectivity index is 1.72. The van der Waals surface area contributed by atoms with E-state index >= 15 is 0 Å².